The average molecular weight is 336 g/mol. The molecule has 0 bridgehead atoms. The summed E-state index contributed by atoms with van der Waals surface area (Å²) in [4.78, 5) is 11.8. The lowest BCUT2D eigenvalue weighted by atomic mass is 10.1. The molecule has 0 saturated carbocycles. The summed E-state index contributed by atoms with van der Waals surface area (Å²) in [6.45, 7) is 0. The predicted molar refractivity (Wildman–Crippen MR) is 80.1 cm³/mol. The van der Waals surface area contributed by atoms with Crippen molar-refractivity contribution >= 4 is 46.5 Å². The quantitative estimate of drug-likeness (QED) is 0.779. The number of carbonyl (C=O) groups excluding carboxylic acids is 1. The Kier molecular flexibility index (Phi) is 4.91. The van der Waals surface area contributed by atoms with Gasteiger partial charge in [0.2, 0.25) is 0 Å². The number of anilines is 1. The van der Waals surface area contributed by atoms with Gasteiger partial charge in [0.15, 0.2) is 0 Å². The lowest BCUT2D eigenvalue weighted by molar-refractivity contribution is 0.254. The van der Waals surface area contributed by atoms with E-state index in [0.29, 0.717) is 11.4 Å². The molecule has 106 valence electrons. The van der Waals surface area contributed by atoms with Crippen LogP contribution in [-0.4, -0.2) is 16.8 Å². The van der Waals surface area contributed by atoms with Crippen LogP contribution in [0.4, 0.5) is 14.9 Å². The first-order valence-electron chi connectivity index (χ1n) is 5.67. The Labute approximate surface area is 130 Å². The van der Waals surface area contributed by atoms with Crippen LogP contribution in [0, 0.1) is 5.82 Å². The van der Waals surface area contributed by atoms with E-state index in [-0.39, 0.29) is 10.4 Å². The highest BCUT2D eigenvalue weighted by Crippen LogP contribution is 2.21. The first-order valence-corrected chi connectivity index (χ1v) is 6.92. The van der Waals surface area contributed by atoms with E-state index in [0.717, 1.165) is 0 Å². The minimum absolute atomic E-state index is 0.0645. The van der Waals surface area contributed by atoms with E-state index in [1.807, 2.05) is 0 Å². The van der Waals surface area contributed by atoms with Crippen LogP contribution in [-0.2, 0) is 0 Å². The van der Waals surface area contributed by atoms with Crippen molar-refractivity contribution in [2.75, 3.05) is 5.32 Å². The van der Waals surface area contributed by atoms with Crippen molar-refractivity contribution in [3.8, 4) is 0 Å². The maximum absolute atomic E-state index is 13.0. The van der Waals surface area contributed by atoms with Gasteiger partial charge in [-0.3, -0.25) is 0 Å². The number of rotatable bonds is 2. The Bertz CT molecular complexity index is 589. The first-order chi connectivity index (χ1) is 9.45. The predicted octanol–water partition coefficient (Wildman–Crippen LogP) is 4.27. The molecule has 0 aromatic heterocycles. The van der Waals surface area contributed by atoms with Crippen molar-refractivity contribution in [2.24, 2.45) is 0 Å². The van der Waals surface area contributed by atoms with Gasteiger partial charge >= 0.3 is 6.03 Å². The van der Waals surface area contributed by atoms with Crippen LogP contribution in [0.3, 0.4) is 0 Å². The molecule has 0 fully saturated rings. The van der Waals surface area contributed by atoms with E-state index < -0.39 is 17.2 Å². The minimum Gasteiger partial charge on any atom is -0.308 e. The topological polar surface area (TPSA) is 41.1 Å². The Hall–Kier alpha value is -1.23. The highest BCUT2D eigenvalue weighted by atomic mass is 35.5. The fourth-order valence-electron chi connectivity index (χ4n) is 1.57. The zero-order chi connectivity index (χ0) is 14.7. The molecule has 0 aliphatic heterocycles. The summed E-state index contributed by atoms with van der Waals surface area (Å²) in [7, 11) is 0. The second kappa shape index (κ2) is 6.48. The molecule has 2 atom stereocenters. The van der Waals surface area contributed by atoms with Crippen molar-refractivity contribution in [1.82, 2.24) is 5.32 Å². The van der Waals surface area contributed by atoms with Gasteiger partial charge in [0.1, 0.15) is 5.82 Å². The molecule has 1 aliphatic rings. The number of allylic oxidation sites excluding steroid dienone is 3. The smallest absolute Gasteiger partial charge is 0.308 e. The van der Waals surface area contributed by atoms with Crippen molar-refractivity contribution in [2.45, 2.75) is 10.8 Å². The van der Waals surface area contributed by atoms with Crippen LogP contribution in [0.1, 0.15) is 0 Å². The maximum Gasteiger partial charge on any atom is 0.323 e. The molecule has 2 rings (SSSR count). The molecule has 7 heteroatoms. The van der Waals surface area contributed by atoms with E-state index >= 15 is 0 Å². The summed E-state index contributed by atoms with van der Waals surface area (Å²) in [6, 6.07) is 3.41. The summed E-state index contributed by atoms with van der Waals surface area (Å²) in [5.41, 5.74) is 0.916. The lowest BCUT2D eigenvalue weighted by Crippen LogP contribution is -2.29. The van der Waals surface area contributed by atoms with Crippen LogP contribution >= 0.6 is 34.8 Å². The van der Waals surface area contributed by atoms with Crippen LogP contribution in [0.25, 0.3) is 0 Å². The normalized spacial score (nSPS) is 21.3. The highest BCUT2D eigenvalue weighted by Gasteiger charge is 2.17. The van der Waals surface area contributed by atoms with Gasteiger partial charge < -0.3 is 10.6 Å². The zero-order valence-corrected chi connectivity index (χ0v) is 12.3. The molecule has 2 N–H and O–H groups in total. The molecule has 2 unspecified atom stereocenters. The molecule has 2 amide bonds. The van der Waals surface area contributed by atoms with Gasteiger partial charge in [0.05, 0.1) is 15.8 Å². The second-order valence-electron chi connectivity index (χ2n) is 4.08. The van der Waals surface area contributed by atoms with Crippen LogP contribution in [0.2, 0.25) is 5.02 Å². The molecule has 0 saturated heterocycles. The Morgan fingerprint density at radius 2 is 1.95 bits per heavy atom. The second-order valence-corrected chi connectivity index (χ2v) is 5.49. The third-order valence-electron chi connectivity index (χ3n) is 2.54. The third kappa shape index (κ3) is 3.88. The summed E-state index contributed by atoms with van der Waals surface area (Å²) < 4.78 is 13.0. The van der Waals surface area contributed by atoms with E-state index in [1.165, 1.54) is 18.2 Å². The van der Waals surface area contributed by atoms with Crippen LogP contribution < -0.4 is 10.6 Å². The maximum atomic E-state index is 13.0. The standard InChI is InChI=1S/C13H10Cl3FN2O/c14-9-3-1-7(5-10(9)15)18-13(20)19-8-2-4-12(17)11(16)6-8/h1-6,9-10H,(H2,18,19,20). The van der Waals surface area contributed by atoms with E-state index in [2.05, 4.69) is 10.6 Å². The Morgan fingerprint density at radius 3 is 2.60 bits per heavy atom. The number of halogens is 4. The number of carbonyl (C=O) groups is 1. The van der Waals surface area contributed by atoms with E-state index in [4.69, 9.17) is 34.8 Å². The molecular weight excluding hydrogens is 326 g/mol. The van der Waals surface area contributed by atoms with Gasteiger partial charge in [-0.05, 0) is 30.4 Å². The van der Waals surface area contributed by atoms with Gasteiger partial charge in [0, 0.05) is 11.4 Å². The molecule has 1 aromatic rings. The lowest BCUT2D eigenvalue weighted by Gasteiger charge is -2.16. The van der Waals surface area contributed by atoms with Gasteiger partial charge in [-0.1, -0.05) is 17.7 Å². The number of hydrogen-bond acceptors (Lipinski definition) is 1. The van der Waals surface area contributed by atoms with E-state index in [1.54, 1.807) is 18.2 Å². The largest absolute Gasteiger partial charge is 0.323 e. The monoisotopic (exact) mass is 334 g/mol. The van der Waals surface area contributed by atoms with Gasteiger partial charge in [-0.2, -0.15) is 0 Å². The molecule has 1 aromatic carbocycles. The fourth-order valence-corrected chi connectivity index (χ4v) is 2.12. The molecule has 0 heterocycles. The van der Waals surface area contributed by atoms with Gasteiger partial charge in [-0.15, -0.1) is 23.2 Å². The number of amides is 2. The minimum atomic E-state index is -0.548. The van der Waals surface area contributed by atoms with Gasteiger partial charge in [0.25, 0.3) is 0 Å². The molecule has 0 spiro atoms. The summed E-state index contributed by atoms with van der Waals surface area (Å²) >= 11 is 17.5. The highest BCUT2D eigenvalue weighted by molar-refractivity contribution is 6.32. The number of hydrogen-bond donors (Lipinski definition) is 2. The van der Waals surface area contributed by atoms with Gasteiger partial charge in [-0.25, -0.2) is 9.18 Å². The number of alkyl halides is 2. The zero-order valence-electron chi connectivity index (χ0n) is 10.0. The van der Waals surface area contributed by atoms with Crippen molar-refractivity contribution in [1.29, 1.82) is 0 Å². The summed E-state index contributed by atoms with van der Waals surface area (Å²) in [5, 5.41) is 4.37. The van der Waals surface area contributed by atoms with Crippen molar-refractivity contribution < 1.29 is 9.18 Å². The number of benzene rings is 1. The summed E-state index contributed by atoms with van der Waals surface area (Å²) in [5.74, 6) is -0.548. The molecule has 0 radical (unpaired) electrons. The fraction of sp³-hybridized carbons (Fsp3) is 0.154. The third-order valence-corrected chi connectivity index (χ3v) is 3.77. The van der Waals surface area contributed by atoms with E-state index in [9.17, 15) is 9.18 Å². The molecular formula is C13H10Cl3FN2O. The van der Waals surface area contributed by atoms with Crippen molar-refractivity contribution in [3.63, 3.8) is 0 Å². The van der Waals surface area contributed by atoms with Crippen LogP contribution in [0.5, 0.6) is 0 Å². The number of urea groups is 1. The number of nitrogens with one attached hydrogen (secondary N) is 2. The Balaban J connectivity index is 1.98. The molecule has 3 nitrogen and oxygen atoms in total. The molecule has 20 heavy (non-hydrogen) atoms. The average Bonchev–Trinajstić information content (AvgIpc) is 2.38. The van der Waals surface area contributed by atoms with Crippen LogP contribution in [0.15, 0.2) is 42.1 Å². The summed E-state index contributed by atoms with van der Waals surface area (Å²) in [6.07, 6.45) is 4.98. The first kappa shape index (κ1) is 15.2. The molecule has 1 aliphatic carbocycles. The van der Waals surface area contributed by atoms with Crippen molar-refractivity contribution in [3.05, 3.63) is 53.0 Å². The Morgan fingerprint density at radius 1 is 1.20 bits per heavy atom. The SMILES string of the molecule is O=C(NC1=CC(Cl)C(Cl)C=C1)Nc1ccc(F)c(Cl)c1.